The summed E-state index contributed by atoms with van der Waals surface area (Å²) >= 11 is 0. The molecule has 1 aliphatic carbocycles. The van der Waals surface area contributed by atoms with Gasteiger partial charge in [-0.1, -0.05) is 12.1 Å². The number of rotatable bonds is 7. The van der Waals surface area contributed by atoms with E-state index in [0.717, 1.165) is 29.7 Å². The second-order valence-corrected chi connectivity index (χ2v) is 6.27. The van der Waals surface area contributed by atoms with Crippen LogP contribution in [-0.4, -0.2) is 29.8 Å². The van der Waals surface area contributed by atoms with E-state index in [-0.39, 0.29) is 12.5 Å². The van der Waals surface area contributed by atoms with E-state index in [4.69, 9.17) is 4.74 Å². The van der Waals surface area contributed by atoms with Gasteiger partial charge in [0.05, 0.1) is 25.2 Å². The Kier molecular flexibility index (Phi) is 4.88. The maximum atomic E-state index is 12.0. The summed E-state index contributed by atoms with van der Waals surface area (Å²) in [5, 5.41) is 12.4. The van der Waals surface area contributed by atoms with Crippen molar-refractivity contribution in [1.29, 1.82) is 0 Å². The van der Waals surface area contributed by atoms with Crippen LogP contribution >= 0.6 is 0 Å². The molecule has 2 rings (SSSR count). The van der Waals surface area contributed by atoms with Gasteiger partial charge in [-0.05, 0) is 56.7 Å². The monoisotopic (exact) mass is 291 g/mol. The first-order valence-electron chi connectivity index (χ1n) is 7.56. The fraction of sp³-hybridized carbons (Fsp3) is 0.588. The predicted octanol–water partition coefficient (Wildman–Crippen LogP) is 2.35. The van der Waals surface area contributed by atoms with Crippen molar-refractivity contribution < 1.29 is 14.6 Å². The van der Waals surface area contributed by atoms with E-state index >= 15 is 0 Å². The van der Waals surface area contributed by atoms with Crippen LogP contribution in [0.3, 0.4) is 0 Å². The SMILES string of the molecule is Cc1ccc(C)c(OCCC(=O)NC(C)(CO)C2CC2)c1. The van der Waals surface area contributed by atoms with Crippen molar-refractivity contribution in [3.05, 3.63) is 29.3 Å². The summed E-state index contributed by atoms with van der Waals surface area (Å²) in [7, 11) is 0. The molecule has 1 aromatic carbocycles. The number of aliphatic hydroxyl groups excluding tert-OH is 1. The van der Waals surface area contributed by atoms with Crippen LogP contribution in [0.25, 0.3) is 0 Å². The molecule has 1 aromatic rings. The van der Waals surface area contributed by atoms with Crippen LogP contribution in [0, 0.1) is 19.8 Å². The first-order chi connectivity index (χ1) is 9.94. The lowest BCUT2D eigenvalue weighted by atomic mass is 9.97. The Bertz CT molecular complexity index is 511. The smallest absolute Gasteiger partial charge is 0.223 e. The predicted molar refractivity (Wildman–Crippen MR) is 82.4 cm³/mol. The number of carbonyl (C=O) groups excluding carboxylic acids is 1. The van der Waals surface area contributed by atoms with Crippen LogP contribution in [0.2, 0.25) is 0 Å². The molecular formula is C17H25NO3. The van der Waals surface area contributed by atoms with Crippen molar-refractivity contribution >= 4 is 5.91 Å². The molecule has 2 N–H and O–H groups in total. The molecule has 1 atom stereocenters. The standard InChI is InChI=1S/C17H25NO3/c1-12-4-5-13(2)15(10-12)21-9-8-16(20)18-17(3,11-19)14-6-7-14/h4-5,10,14,19H,6-9,11H2,1-3H3,(H,18,20). The highest BCUT2D eigenvalue weighted by Crippen LogP contribution is 2.39. The third kappa shape index (κ3) is 4.21. The number of aliphatic hydroxyl groups is 1. The van der Waals surface area contributed by atoms with Gasteiger partial charge in [0.2, 0.25) is 5.91 Å². The van der Waals surface area contributed by atoms with Gasteiger partial charge in [-0.2, -0.15) is 0 Å². The fourth-order valence-electron chi connectivity index (χ4n) is 2.49. The Morgan fingerprint density at radius 3 is 2.76 bits per heavy atom. The first kappa shape index (κ1) is 15.8. The van der Waals surface area contributed by atoms with E-state index in [1.165, 1.54) is 0 Å². The lowest BCUT2D eigenvalue weighted by Gasteiger charge is -2.28. The summed E-state index contributed by atoms with van der Waals surface area (Å²) in [5.74, 6) is 1.17. The van der Waals surface area contributed by atoms with Crippen LogP contribution in [0.15, 0.2) is 18.2 Å². The zero-order chi connectivity index (χ0) is 15.5. The van der Waals surface area contributed by atoms with Gasteiger partial charge in [-0.15, -0.1) is 0 Å². The number of hydrogen-bond acceptors (Lipinski definition) is 3. The van der Waals surface area contributed by atoms with Crippen LogP contribution in [0.4, 0.5) is 0 Å². The molecule has 1 aliphatic rings. The fourth-order valence-corrected chi connectivity index (χ4v) is 2.49. The first-order valence-corrected chi connectivity index (χ1v) is 7.56. The van der Waals surface area contributed by atoms with Crippen molar-refractivity contribution in [1.82, 2.24) is 5.32 Å². The van der Waals surface area contributed by atoms with Crippen molar-refractivity contribution in [2.24, 2.45) is 5.92 Å². The Labute approximate surface area is 126 Å². The molecule has 1 fully saturated rings. The minimum atomic E-state index is -0.476. The normalized spacial score (nSPS) is 17.1. The summed E-state index contributed by atoms with van der Waals surface area (Å²) in [6, 6.07) is 6.03. The lowest BCUT2D eigenvalue weighted by Crippen LogP contribution is -2.51. The van der Waals surface area contributed by atoms with Crippen molar-refractivity contribution in [2.75, 3.05) is 13.2 Å². The number of nitrogens with one attached hydrogen (secondary N) is 1. The molecule has 4 nitrogen and oxygen atoms in total. The molecule has 1 saturated carbocycles. The number of benzene rings is 1. The van der Waals surface area contributed by atoms with E-state index in [2.05, 4.69) is 5.32 Å². The summed E-state index contributed by atoms with van der Waals surface area (Å²) in [6.07, 6.45) is 2.46. The topological polar surface area (TPSA) is 58.6 Å². The van der Waals surface area contributed by atoms with E-state index in [0.29, 0.717) is 18.9 Å². The zero-order valence-electron chi connectivity index (χ0n) is 13.1. The van der Waals surface area contributed by atoms with Gasteiger partial charge in [0, 0.05) is 0 Å². The Hall–Kier alpha value is -1.55. The molecule has 21 heavy (non-hydrogen) atoms. The number of aryl methyl sites for hydroxylation is 2. The Morgan fingerprint density at radius 2 is 2.14 bits per heavy atom. The van der Waals surface area contributed by atoms with E-state index in [9.17, 15) is 9.90 Å². The molecule has 1 amide bonds. The van der Waals surface area contributed by atoms with Crippen LogP contribution in [0.1, 0.15) is 37.3 Å². The molecule has 0 aromatic heterocycles. The molecule has 0 radical (unpaired) electrons. The number of amides is 1. The second kappa shape index (κ2) is 6.48. The van der Waals surface area contributed by atoms with E-state index in [1.54, 1.807) is 0 Å². The zero-order valence-corrected chi connectivity index (χ0v) is 13.1. The lowest BCUT2D eigenvalue weighted by molar-refractivity contribution is -0.124. The average Bonchev–Trinajstić information content (AvgIpc) is 3.27. The quantitative estimate of drug-likeness (QED) is 0.810. The highest BCUT2D eigenvalue weighted by atomic mass is 16.5. The summed E-state index contributed by atoms with van der Waals surface area (Å²) < 4.78 is 5.69. The molecule has 4 heteroatoms. The van der Waals surface area contributed by atoms with Gasteiger partial charge in [-0.25, -0.2) is 0 Å². The molecule has 1 unspecified atom stereocenters. The molecule has 0 heterocycles. The van der Waals surface area contributed by atoms with Crippen LogP contribution < -0.4 is 10.1 Å². The van der Waals surface area contributed by atoms with Gasteiger partial charge in [0.1, 0.15) is 5.75 Å². The van der Waals surface area contributed by atoms with Gasteiger partial charge in [0.25, 0.3) is 0 Å². The minimum absolute atomic E-state index is 0.0126. The molecule has 116 valence electrons. The van der Waals surface area contributed by atoms with Crippen molar-refractivity contribution in [3.63, 3.8) is 0 Å². The molecular weight excluding hydrogens is 266 g/mol. The maximum absolute atomic E-state index is 12.0. The maximum Gasteiger partial charge on any atom is 0.223 e. The molecule has 0 bridgehead atoms. The molecule has 0 spiro atoms. The van der Waals surface area contributed by atoms with E-state index in [1.807, 2.05) is 39.0 Å². The molecule has 0 aliphatic heterocycles. The minimum Gasteiger partial charge on any atom is -0.493 e. The summed E-state index contributed by atoms with van der Waals surface area (Å²) in [6.45, 7) is 6.25. The van der Waals surface area contributed by atoms with Gasteiger partial charge in [0.15, 0.2) is 0 Å². The molecule has 0 saturated heterocycles. The highest BCUT2D eigenvalue weighted by Gasteiger charge is 2.41. The summed E-state index contributed by atoms with van der Waals surface area (Å²) in [4.78, 5) is 12.0. The average molecular weight is 291 g/mol. The van der Waals surface area contributed by atoms with Gasteiger partial charge in [-0.3, -0.25) is 4.79 Å². The van der Waals surface area contributed by atoms with Gasteiger partial charge < -0.3 is 15.2 Å². The van der Waals surface area contributed by atoms with Gasteiger partial charge >= 0.3 is 0 Å². The van der Waals surface area contributed by atoms with Crippen LogP contribution in [0.5, 0.6) is 5.75 Å². The third-order valence-electron chi connectivity index (χ3n) is 4.16. The third-order valence-corrected chi connectivity index (χ3v) is 4.16. The van der Waals surface area contributed by atoms with Crippen LogP contribution in [-0.2, 0) is 4.79 Å². The van der Waals surface area contributed by atoms with E-state index < -0.39 is 5.54 Å². The number of ether oxygens (including phenoxy) is 1. The highest BCUT2D eigenvalue weighted by molar-refractivity contribution is 5.77. The Balaban J connectivity index is 1.80. The Morgan fingerprint density at radius 1 is 1.43 bits per heavy atom. The van der Waals surface area contributed by atoms with Crippen molar-refractivity contribution in [3.8, 4) is 5.75 Å². The number of carbonyl (C=O) groups is 1. The second-order valence-electron chi connectivity index (χ2n) is 6.27. The largest absolute Gasteiger partial charge is 0.493 e. The van der Waals surface area contributed by atoms with Crippen molar-refractivity contribution in [2.45, 2.75) is 45.6 Å². The number of hydrogen-bond donors (Lipinski definition) is 2. The summed E-state index contributed by atoms with van der Waals surface area (Å²) in [5.41, 5.74) is 1.73.